The first-order valence-electron chi connectivity index (χ1n) is 10.2. The first-order valence-corrected chi connectivity index (χ1v) is 12.0. The molecular weight excluding hydrogens is 472 g/mol. The van der Waals surface area contributed by atoms with Crippen molar-refractivity contribution in [1.82, 2.24) is 4.98 Å². The predicted molar refractivity (Wildman–Crippen MR) is 136 cm³/mol. The zero-order chi connectivity index (χ0) is 24.2. The molecule has 0 bridgehead atoms. The Morgan fingerprint density at radius 2 is 1.79 bits per heavy atom. The second-order valence-corrected chi connectivity index (χ2v) is 9.83. The normalized spacial score (nSPS) is 10.8. The van der Waals surface area contributed by atoms with Crippen molar-refractivity contribution in [3.63, 3.8) is 0 Å². The molecule has 4 rings (SSSR count). The molecule has 2 amide bonds. The molecule has 4 aromatic rings. The number of thioether (sulfide) groups is 1. The Morgan fingerprint density at radius 3 is 2.50 bits per heavy atom. The number of fused-ring (bicyclic) bond motifs is 1. The van der Waals surface area contributed by atoms with Crippen molar-refractivity contribution in [2.24, 2.45) is 0 Å². The van der Waals surface area contributed by atoms with E-state index in [1.807, 2.05) is 38.1 Å². The van der Waals surface area contributed by atoms with Crippen LogP contribution >= 0.6 is 23.1 Å². The van der Waals surface area contributed by atoms with Crippen molar-refractivity contribution < 1.29 is 14.5 Å². The number of hydrogen-bond donors (Lipinski definition) is 2. The van der Waals surface area contributed by atoms with Gasteiger partial charge in [-0.05, 0) is 55.8 Å². The number of non-ortho nitro benzene ring substituents is 1. The number of anilines is 2. The van der Waals surface area contributed by atoms with Crippen molar-refractivity contribution in [2.75, 3.05) is 16.4 Å². The number of rotatable bonds is 7. The third kappa shape index (κ3) is 5.59. The first-order chi connectivity index (χ1) is 16.3. The number of carbonyl (C=O) groups is 2. The third-order valence-electron chi connectivity index (χ3n) is 4.95. The lowest BCUT2D eigenvalue weighted by atomic mass is 10.1. The Kier molecular flexibility index (Phi) is 6.90. The molecule has 0 unspecified atom stereocenters. The maximum Gasteiger partial charge on any atom is 0.269 e. The van der Waals surface area contributed by atoms with E-state index >= 15 is 0 Å². The Hall–Kier alpha value is -3.76. The van der Waals surface area contributed by atoms with Crippen LogP contribution in [0.15, 0.2) is 65.0 Å². The molecular formula is C24H20N4O4S2. The minimum absolute atomic E-state index is 0.0738. The van der Waals surface area contributed by atoms with Crippen LogP contribution in [0.2, 0.25) is 0 Å². The molecule has 0 saturated carbocycles. The number of aromatic nitrogens is 1. The lowest BCUT2D eigenvalue weighted by Crippen LogP contribution is -2.14. The van der Waals surface area contributed by atoms with Gasteiger partial charge in [0, 0.05) is 29.1 Å². The summed E-state index contributed by atoms with van der Waals surface area (Å²) in [6, 6.07) is 16.7. The fourth-order valence-corrected chi connectivity index (χ4v) is 5.16. The molecule has 172 valence electrons. The van der Waals surface area contributed by atoms with Crippen LogP contribution in [0.25, 0.3) is 10.2 Å². The second kappa shape index (κ2) is 10.0. The highest BCUT2D eigenvalue weighted by molar-refractivity contribution is 8.01. The number of thiazole rings is 1. The molecule has 34 heavy (non-hydrogen) atoms. The second-order valence-electron chi connectivity index (χ2n) is 7.58. The lowest BCUT2D eigenvalue weighted by molar-refractivity contribution is -0.384. The van der Waals surface area contributed by atoms with E-state index in [0.29, 0.717) is 11.3 Å². The number of nitrogens with zero attached hydrogens (tertiary/aromatic N) is 2. The van der Waals surface area contributed by atoms with E-state index in [0.717, 1.165) is 31.4 Å². The number of aryl methyl sites for hydroxylation is 2. The molecule has 0 radical (unpaired) electrons. The topological polar surface area (TPSA) is 114 Å². The van der Waals surface area contributed by atoms with Gasteiger partial charge in [0.25, 0.3) is 11.6 Å². The van der Waals surface area contributed by atoms with Gasteiger partial charge in [0.2, 0.25) is 5.91 Å². The van der Waals surface area contributed by atoms with Gasteiger partial charge in [-0.3, -0.25) is 19.7 Å². The van der Waals surface area contributed by atoms with Crippen LogP contribution in [0.4, 0.5) is 17.1 Å². The quantitative estimate of drug-likeness (QED) is 0.191. The first kappa shape index (κ1) is 23.4. The highest BCUT2D eigenvalue weighted by Crippen LogP contribution is 2.31. The number of nitrogens with one attached hydrogen (secondary N) is 2. The van der Waals surface area contributed by atoms with E-state index in [-0.39, 0.29) is 23.3 Å². The Labute approximate surface area is 203 Å². The van der Waals surface area contributed by atoms with E-state index in [1.165, 1.54) is 47.4 Å². The van der Waals surface area contributed by atoms with Crippen molar-refractivity contribution in [3.8, 4) is 0 Å². The highest BCUT2D eigenvalue weighted by atomic mass is 32.2. The van der Waals surface area contributed by atoms with Crippen LogP contribution < -0.4 is 10.6 Å². The lowest BCUT2D eigenvalue weighted by Gasteiger charge is -2.08. The van der Waals surface area contributed by atoms with E-state index in [1.54, 1.807) is 12.1 Å². The fourth-order valence-electron chi connectivity index (χ4n) is 3.25. The standard InChI is InChI=1S/C24H20N4O4S2/c1-14-3-9-19(15(2)11-14)26-22(29)13-33-24-27-20-10-6-17(12-21(20)34-24)25-23(30)16-4-7-18(8-5-16)28(31)32/h3-12H,13H2,1-2H3,(H,25,30)(H,26,29). The smallest absolute Gasteiger partial charge is 0.269 e. The number of hydrogen-bond acceptors (Lipinski definition) is 7. The summed E-state index contributed by atoms with van der Waals surface area (Å²) in [6.45, 7) is 3.97. The van der Waals surface area contributed by atoms with E-state index in [2.05, 4.69) is 15.6 Å². The molecule has 0 aliphatic heterocycles. The van der Waals surface area contributed by atoms with Gasteiger partial charge in [-0.25, -0.2) is 4.98 Å². The molecule has 0 aliphatic carbocycles. The average molecular weight is 493 g/mol. The molecule has 0 atom stereocenters. The van der Waals surface area contributed by atoms with Gasteiger partial charge in [0.1, 0.15) is 0 Å². The van der Waals surface area contributed by atoms with Crippen LogP contribution in [-0.2, 0) is 4.79 Å². The number of nitro groups is 1. The maximum atomic E-state index is 12.5. The summed E-state index contributed by atoms with van der Waals surface area (Å²) in [4.78, 5) is 39.6. The minimum Gasteiger partial charge on any atom is -0.325 e. The Morgan fingerprint density at radius 1 is 1.03 bits per heavy atom. The van der Waals surface area contributed by atoms with Gasteiger partial charge in [-0.2, -0.15) is 0 Å². The summed E-state index contributed by atoms with van der Waals surface area (Å²) in [7, 11) is 0. The number of nitro benzene ring substituents is 1. The minimum atomic E-state index is -0.512. The van der Waals surface area contributed by atoms with Crippen molar-refractivity contribution >= 4 is 62.2 Å². The molecule has 8 nitrogen and oxygen atoms in total. The monoisotopic (exact) mass is 492 g/mol. The van der Waals surface area contributed by atoms with E-state index in [4.69, 9.17) is 0 Å². The predicted octanol–water partition coefficient (Wildman–Crippen LogP) is 5.80. The zero-order valence-corrected chi connectivity index (χ0v) is 20.0. The summed E-state index contributed by atoms with van der Waals surface area (Å²) in [5, 5.41) is 16.5. The van der Waals surface area contributed by atoms with Crippen LogP contribution in [-0.4, -0.2) is 27.5 Å². The summed E-state index contributed by atoms with van der Waals surface area (Å²) in [6.07, 6.45) is 0. The van der Waals surface area contributed by atoms with Crippen LogP contribution in [0.3, 0.4) is 0 Å². The van der Waals surface area contributed by atoms with Gasteiger partial charge >= 0.3 is 0 Å². The molecule has 10 heteroatoms. The van der Waals surface area contributed by atoms with Gasteiger partial charge < -0.3 is 10.6 Å². The average Bonchev–Trinajstić information content (AvgIpc) is 3.22. The maximum absolute atomic E-state index is 12.5. The molecule has 0 fully saturated rings. The van der Waals surface area contributed by atoms with Gasteiger partial charge in [-0.1, -0.05) is 29.5 Å². The number of amides is 2. The Balaban J connectivity index is 1.38. The SMILES string of the molecule is Cc1ccc(NC(=O)CSc2nc3ccc(NC(=O)c4ccc([N+](=O)[O-])cc4)cc3s2)c(C)c1. The Bertz CT molecular complexity index is 1400. The molecule has 2 N–H and O–H groups in total. The molecule has 3 aromatic carbocycles. The molecule has 0 aliphatic rings. The van der Waals surface area contributed by atoms with Crippen molar-refractivity contribution in [3.05, 3.63) is 87.5 Å². The third-order valence-corrected chi connectivity index (χ3v) is 7.11. The van der Waals surface area contributed by atoms with Crippen LogP contribution in [0.5, 0.6) is 0 Å². The molecule has 1 aromatic heterocycles. The van der Waals surface area contributed by atoms with Crippen LogP contribution in [0.1, 0.15) is 21.5 Å². The number of carbonyl (C=O) groups excluding carboxylic acids is 2. The largest absolute Gasteiger partial charge is 0.325 e. The van der Waals surface area contributed by atoms with Gasteiger partial charge in [0.05, 0.1) is 20.9 Å². The summed E-state index contributed by atoms with van der Waals surface area (Å²) in [5.74, 6) is -0.236. The molecule has 0 saturated heterocycles. The van der Waals surface area contributed by atoms with Gasteiger partial charge in [-0.15, -0.1) is 11.3 Å². The summed E-state index contributed by atoms with van der Waals surface area (Å²) >= 11 is 2.79. The highest BCUT2D eigenvalue weighted by Gasteiger charge is 2.12. The summed E-state index contributed by atoms with van der Waals surface area (Å²) < 4.78 is 1.63. The molecule has 0 spiro atoms. The van der Waals surface area contributed by atoms with Gasteiger partial charge in [0.15, 0.2) is 4.34 Å². The van der Waals surface area contributed by atoms with Crippen LogP contribution in [0, 0.1) is 24.0 Å². The number of benzene rings is 3. The van der Waals surface area contributed by atoms with E-state index < -0.39 is 4.92 Å². The fraction of sp³-hybridized carbons (Fsp3) is 0.125. The van der Waals surface area contributed by atoms with E-state index in [9.17, 15) is 19.7 Å². The molecule has 1 heterocycles. The summed E-state index contributed by atoms with van der Waals surface area (Å²) in [5.41, 5.74) is 4.56. The zero-order valence-electron chi connectivity index (χ0n) is 18.3. The van der Waals surface area contributed by atoms with Crippen molar-refractivity contribution in [1.29, 1.82) is 0 Å². The van der Waals surface area contributed by atoms with Crippen molar-refractivity contribution in [2.45, 2.75) is 18.2 Å².